The molecule has 0 spiro atoms. The Balaban J connectivity index is 1.61. The summed E-state index contributed by atoms with van der Waals surface area (Å²) in [6.45, 7) is 8.38. The van der Waals surface area contributed by atoms with Gasteiger partial charge in [-0.3, -0.25) is 0 Å². The van der Waals surface area contributed by atoms with Crippen molar-refractivity contribution in [1.82, 2.24) is 4.90 Å². The third-order valence-electron chi connectivity index (χ3n) is 5.91. The van der Waals surface area contributed by atoms with Crippen molar-refractivity contribution in [1.29, 1.82) is 0 Å². The molecule has 2 aliphatic rings. The molecule has 0 aromatic heterocycles. The molecule has 0 unspecified atom stereocenters. The Morgan fingerprint density at radius 2 is 1.48 bits per heavy atom. The number of likely N-dealkylation sites (tertiary alicyclic amines) is 1. The Morgan fingerprint density at radius 3 is 2.15 bits per heavy atom. The van der Waals surface area contributed by atoms with Crippen LogP contribution >= 0.6 is 0 Å². The van der Waals surface area contributed by atoms with Crippen LogP contribution in [-0.2, 0) is 0 Å². The standard InChI is InChI=1S/C22H27F2N3/c1-16(2)25-11-9-20(10-12-25)26-13-14-27(19-6-3-17(23)4-7-19)22-15-18(24)5-8-21(22)26/h3-8,15-16,20H,9-14H2,1-2H3. The van der Waals surface area contributed by atoms with E-state index in [1.165, 1.54) is 12.1 Å². The van der Waals surface area contributed by atoms with Crippen LogP contribution in [0.2, 0.25) is 0 Å². The van der Waals surface area contributed by atoms with E-state index in [2.05, 4.69) is 28.5 Å². The van der Waals surface area contributed by atoms with Gasteiger partial charge in [0.05, 0.1) is 11.4 Å². The molecule has 0 N–H and O–H groups in total. The van der Waals surface area contributed by atoms with Gasteiger partial charge >= 0.3 is 0 Å². The summed E-state index contributed by atoms with van der Waals surface area (Å²) >= 11 is 0. The van der Waals surface area contributed by atoms with Gasteiger partial charge in [0.15, 0.2) is 0 Å². The SMILES string of the molecule is CC(C)N1CCC(N2CCN(c3ccc(F)cc3)c3cc(F)ccc32)CC1. The molecule has 2 aromatic carbocycles. The van der Waals surface area contributed by atoms with Crippen LogP contribution in [0.4, 0.5) is 25.8 Å². The van der Waals surface area contributed by atoms with E-state index in [-0.39, 0.29) is 11.6 Å². The topological polar surface area (TPSA) is 9.72 Å². The largest absolute Gasteiger partial charge is 0.365 e. The number of anilines is 3. The summed E-state index contributed by atoms with van der Waals surface area (Å²) in [7, 11) is 0. The number of fused-ring (bicyclic) bond motifs is 1. The summed E-state index contributed by atoms with van der Waals surface area (Å²) in [5.41, 5.74) is 2.85. The molecule has 4 rings (SSSR count). The van der Waals surface area contributed by atoms with Crippen molar-refractivity contribution in [2.45, 2.75) is 38.8 Å². The lowest BCUT2D eigenvalue weighted by molar-refractivity contribution is 0.169. The highest BCUT2D eigenvalue weighted by Gasteiger charge is 2.31. The number of piperidine rings is 1. The van der Waals surface area contributed by atoms with Crippen molar-refractivity contribution in [3.05, 3.63) is 54.1 Å². The Morgan fingerprint density at radius 1 is 0.815 bits per heavy atom. The first kappa shape index (κ1) is 18.2. The van der Waals surface area contributed by atoms with Crippen LogP contribution < -0.4 is 9.80 Å². The van der Waals surface area contributed by atoms with E-state index in [4.69, 9.17) is 0 Å². The number of hydrogen-bond acceptors (Lipinski definition) is 3. The fourth-order valence-electron chi connectivity index (χ4n) is 4.39. The molecule has 1 saturated heterocycles. The lowest BCUT2D eigenvalue weighted by atomic mass is 9.99. The van der Waals surface area contributed by atoms with Crippen molar-refractivity contribution in [3.8, 4) is 0 Å². The van der Waals surface area contributed by atoms with Gasteiger partial charge in [0.2, 0.25) is 0 Å². The summed E-state index contributed by atoms with van der Waals surface area (Å²) in [4.78, 5) is 7.07. The molecule has 2 aromatic rings. The van der Waals surface area contributed by atoms with E-state index in [9.17, 15) is 8.78 Å². The van der Waals surface area contributed by atoms with Gasteiger partial charge in [0.1, 0.15) is 11.6 Å². The molecule has 2 aliphatic heterocycles. The zero-order valence-corrected chi connectivity index (χ0v) is 16.0. The maximum atomic E-state index is 14.0. The zero-order chi connectivity index (χ0) is 19.0. The Hall–Kier alpha value is -2.14. The second-order valence-electron chi connectivity index (χ2n) is 7.82. The Labute approximate surface area is 160 Å². The third-order valence-corrected chi connectivity index (χ3v) is 5.91. The van der Waals surface area contributed by atoms with Gasteiger partial charge in [0, 0.05) is 44.0 Å². The summed E-state index contributed by atoms with van der Waals surface area (Å²) < 4.78 is 27.4. The molecule has 2 heterocycles. The van der Waals surface area contributed by atoms with Gasteiger partial charge in [0.25, 0.3) is 0 Å². The van der Waals surface area contributed by atoms with E-state index < -0.39 is 0 Å². The fourth-order valence-corrected chi connectivity index (χ4v) is 4.39. The van der Waals surface area contributed by atoms with Crippen molar-refractivity contribution in [2.75, 3.05) is 36.0 Å². The molecule has 3 nitrogen and oxygen atoms in total. The van der Waals surface area contributed by atoms with E-state index in [1.807, 2.05) is 6.07 Å². The molecule has 144 valence electrons. The molecule has 0 radical (unpaired) electrons. The number of hydrogen-bond donors (Lipinski definition) is 0. The first-order chi connectivity index (χ1) is 13.0. The van der Waals surface area contributed by atoms with Gasteiger partial charge in [-0.1, -0.05) is 0 Å². The molecule has 0 saturated carbocycles. The quantitative estimate of drug-likeness (QED) is 0.768. The lowest BCUT2D eigenvalue weighted by Crippen LogP contribution is -2.50. The number of halogens is 2. The molecule has 27 heavy (non-hydrogen) atoms. The van der Waals surface area contributed by atoms with E-state index in [0.29, 0.717) is 12.1 Å². The maximum Gasteiger partial charge on any atom is 0.125 e. The molecular formula is C22H27F2N3. The van der Waals surface area contributed by atoms with Gasteiger partial charge in [-0.05, 0) is 69.2 Å². The van der Waals surface area contributed by atoms with Gasteiger partial charge in [-0.2, -0.15) is 0 Å². The summed E-state index contributed by atoms with van der Waals surface area (Å²) in [5.74, 6) is -0.494. The molecular weight excluding hydrogens is 344 g/mol. The van der Waals surface area contributed by atoms with Crippen LogP contribution in [0.25, 0.3) is 0 Å². The molecule has 0 amide bonds. The van der Waals surface area contributed by atoms with E-state index in [1.54, 1.807) is 24.3 Å². The predicted molar refractivity (Wildman–Crippen MR) is 107 cm³/mol. The highest BCUT2D eigenvalue weighted by atomic mass is 19.1. The number of nitrogens with zero attached hydrogens (tertiary/aromatic N) is 3. The van der Waals surface area contributed by atoms with Gasteiger partial charge in [-0.25, -0.2) is 8.78 Å². The fraction of sp³-hybridized carbons (Fsp3) is 0.455. The van der Waals surface area contributed by atoms with Gasteiger partial charge in [-0.15, -0.1) is 0 Å². The smallest absolute Gasteiger partial charge is 0.125 e. The van der Waals surface area contributed by atoms with Gasteiger partial charge < -0.3 is 14.7 Å². The minimum Gasteiger partial charge on any atom is -0.365 e. The minimum atomic E-state index is -0.256. The first-order valence-electron chi connectivity index (χ1n) is 9.86. The summed E-state index contributed by atoms with van der Waals surface area (Å²) in [6, 6.07) is 12.6. The highest BCUT2D eigenvalue weighted by molar-refractivity contribution is 5.79. The summed E-state index contributed by atoms with van der Waals surface area (Å²) in [5, 5.41) is 0. The molecule has 5 heteroatoms. The average Bonchev–Trinajstić information content (AvgIpc) is 2.68. The van der Waals surface area contributed by atoms with Crippen LogP contribution in [0.1, 0.15) is 26.7 Å². The Kier molecular flexibility index (Phi) is 5.04. The molecule has 0 atom stereocenters. The van der Waals surface area contributed by atoms with Crippen molar-refractivity contribution in [3.63, 3.8) is 0 Å². The molecule has 0 bridgehead atoms. The normalized spacial score (nSPS) is 18.9. The molecule has 0 aliphatic carbocycles. The second-order valence-corrected chi connectivity index (χ2v) is 7.82. The van der Waals surface area contributed by atoms with Crippen LogP contribution in [0.5, 0.6) is 0 Å². The van der Waals surface area contributed by atoms with E-state index in [0.717, 1.165) is 56.1 Å². The highest BCUT2D eigenvalue weighted by Crippen LogP contribution is 2.40. The van der Waals surface area contributed by atoms with Crippen LogP contribution in [0.15, 0.2) is 42.5 Å². The molecule has 1 fully saturated rings. The number of benzene rings is 2. The third kappa shape index (κ3) is 3.65. The second kappa shape index (κ2) is 7.47. The van der Waals surface area contributed by atoms with Crippen LogP contribution in [-0.4, -0.2) is 43.2 Å². The number of rotatable bonds is 3. The Bertz CT molecular complexity index is 783. The predicted octanol–water partition coefficient (Wildman–Crippen LogP) is 4.80. The van der Waals surface area contributed by atoms with Crippen LogP contribution in [0.3, 0.4) is 0 Å². The zero-order valence-electron chi connectivity index (χ0n) is 16.0. The van der Waals surface area contributed by atoms with E-state index >= 15 is 0 Å². The maximum absolute atomic E-state index is 14.0. The minimum absolute atomic E-state index is 0.239. The lowest BCUT2D eigenvalue weighted by Gasteiger charge is -2.46. The van der Waals surface area contributed by atoms with Crippen molar-refractivity contribution >= 4 is 17.1 Å². The van der Waals surface area contributed by atoms with Crippen LogP contribution in [0, 0.1) is 11.6 Å². The first-order valence-corrected chi connectivity index (χ1v) is 9.86. The van der Waals surface area contributed by atoms with Crippen molar-refractivity contribution in [2.24, 2.45) is 0 Å². The van der Waals surface area contributed by atoms with Crippen molar-refractivity contribution < 1.29 is 8.78 Å². The summed E-state index contributed by atoms with van der Waals surface area (Å²) in [6.07, 6.45) is 2.26. The average molecular weight is 371 g/mol. The monoisotopic (exact) mass is 371 g/mol.